The third kappa shape index (κ3) is 3.59. The zero-order valence-corrected chi connectivity index (χ0v) is 12.8. The molecular weight excluding hydrogens is 276 g/mol. The number of sulfonamides is 1. The minimum absolute atomic E-state index is 0.273. The molecule has 0 radical (unpaired) electrons. The maximum atomic E-state index is 12.5. The molecule has 1 aromatic heterocycles. The number of aryl methyl sites for hydroxylation is 1. The molecule has 0 saturated heterocycles. The van der Waals surface area contributed by atoms with Gasteiger partial charge >= 0.3 is 0 Å². The van der Waals surface area contributed by atoms with Gasteiger partial charge in [-0.15, -0.1) is 0 Å². The highest BCUT2D eigenvalue weighted by molar-refractivity contribution is 7.89. The molecule has 1 aliphatic rings. The van der Waals surface area contributed by atoms with Gasteiger partial charge in [0.2, 0.25) is 10.0 Å². The number of hydrogen-bond acceptors (Lipinski definition) is 4. The standard InChI is InChI=1S/C13H24N4O2S/c1-16(10-12-5-2-3-6-12)20(18,19)13-9-15-17(11-13)8-4-7-14/h9,11-12H,2-8,10,14H2,1H3. The number of nitrogens with zero attached hydrogens (tertiary/aromatic N) is 3. The van der Waals surface area contributed by atoms with E-state index in [1.54, 1.807) is 17.9 Å². The van der Waals surface area contributed by atoms with Crippen LogP contribution in [0.5, 0.6) is 0 Å². The molecule has 2 rings (SSSR count). The average molecular weight is 300 g/mol. The van der Waals surface area contributed by atoms with Crippen LogP contribution in [0.15, 0.2) is 17.3 Å². The maximum Gasteiger partial charge on any atom is 0.245 e. The van der Waals surface area contributed by atoms with E-state index < -0.39 is 10.0 Å². The van der Waals surface area contributed by atoms with Crippen molar-refractivity contribution in [1.82, 2.24) is 14.1 Å². The lowest BCUT2D eigenvalue weighted by molar-refractivity contribution is 0.387. The van der Waals surface area contributed by atoms with Gasteiger partial charge in [-0.1, -0.05) is 12.8 Å². The van der Waals surface area contributed by atoms with Crippen LogP contribution in [0, 0.1) is 5.92 Å². The Kier molecular flexibility index (Phi) is 5.17. The Morgan fingerprint density at radius 2 is 2.15 bits per heavy atom. The Labute approximate surface area is 121 Å². The molecule has 20 heavy (non-hydrogen) atoms. The van der Waals surface area contributed by atoms with E-state index in [0.29, 0.717) is 25.6 Å². The molecule has 1 aliphatic carbocycles. The molecule has 0 atom stereocenters. The molecule has 1 heterocycles. The van der Waals surface area contributed by atoms with Crippen LogP contribution >= 0.6 is 0 Å². The first-order chi connectivity index (χ1) is 9.54. The predicted octanol–water partition coefficient (Wildman–Crippen LogP) is 1.04. The maximum absolute atomic E-state index is 12.5. The van der Waals surface area contributed by atoms with Gasteiger partial charge in [0.1, 0.15) is 4.90 Å². The molecule has 1 fully saturated rings. The lowest BCUT2D eigenvalue weighted by atomic mass is 10.1. The summed E-state index contributed by atoms with van der Waals surface area (Å²) >= 11 is 0. The van der Waals surface area contributed by atoms with Gasteiger partial charge in [0, 0.05) is 26.3 Å². The quantitative estimate of drug-likeness (QED) is 0.816. The van der Waals surface area contributed by atoms with Crippen molar-refractivity contribution in [2.45, 2.75) is 43.5 Å². The van der Waals surface area contributed by atoms with Gasteiger partial charge in [0.25, 0.3) is 0 Å². The van der Waals surface area contributed by atoms with Gasteiger partial charge in [0.15, 0.2) is 0 Å². The van der Waals surface area contributed by atoms with Crippen molar-refractivity contribution in [1.29, 1.82) is 0 Å². The number of hydrogen-bond donors (Lipinski definition) is 1. The van der Waals surface area contributed by atoms with Crippen molar-refractivity contribution in [2.24, 2.45) is 11.7 Å². The molecule has 1 saturated carbocycles. The van der Waals surface area contributed by atoms with Crippen LogP contribution in [0.3, 0.4) is 0 Å². The molecule has 0 aromatic carbocycles. The minimum Gasteiger partial charge on any atom is -0.330 e. The highest BCUT2D eigenvalue weighted by Gasteiger charge is 2.26. The molecule has 6 nitrogen and oxygen atoms in total. The van der Waals surface area contributed by atoms with Gasteiger partial charge in [-0.25, -0.2) is 12.7 Å². The Morgan fingerprint density at radius 3 is 2.80 bits per heavy atom. The Hall–Kier alpha value is -0.920. The van der Waals surface area contributed by atoms with E-state index in [1.807, 2.05) is 0 Å². The van der Waals surface area contributed by atoms with Gasteiger partial charge in [0.05, 0.1) is 6.20 Å². The monoisotopic (exact) mass is 300 g/mol. The van der Waals surface area contributed by atoms with Gasteiger partial charge in [-0.3, -0.25) is 4.68 Å². The van der Waals surface area contributed by atoms with E-state index in [9.17, 15) is 8.42 Å². The molecule has 0 bridgehead atoms. The summed E-state index contributed by atoms with van der Waals surface area (Å²) in [6.45, 7) is 1.83. The summed E-state index contributed by atoms with van der Waals surface area (Å²) in [7, 11) is -1.75. The first-order valence-corrected chi connectivity index (χ1v) is 8.67. The molecule has 1 aromatic rings. The first kappa shape index (κ1) is 15.5. The van der Waals surface area contributed by atoms with Crippen LogP contribution in [0.1, 0.15) is 32.1 Å². The second kappa shape index (κ2) is 6.69. The van der Waals surface area contributed by atoms with Crippen molar-refractivity contribution in [3.8, 4) is 0 Å². The normalized spacial score (nSPS) is 17.1. The van der Waals surface area contributed by atoms with Crippen molar-refractivity contribution >= 4 is 10.0 Å². The highest BCUT2D eigenvalue weighted by atomic mass is 32.2. The smallest absolute Gasteiger partial charge is 0.245 e. The lowest BCUT2D eigenvalue weighted by Gasteiger charge is -2.19. The molecule has 0 unspecified atom stereocenters. The zero-order valence-electron chi connectivity index (χ0n) is 12.0. The number of aromatic nitrogens is 2. The van der Waals surface area contributed by atoms with Crippen molar-refractivity contribution in [3.63, 3.8) is 0 Å². The van der Waals surface area contributed by atoms with E-state index in [2.05, 4.69) is 5.10 Å². The SMILES string of the molecule is CN(CC1CCCC1)S(=O)(=O)c1cnn(CCCN)c1. The fourth-order valence-corrected chi connectivity index (χ4v) is 3.89. The number of rotatable bonds is 7. The third-order valence-corrected chi connectivity index (χ3v) is 5.68. The fraction of sp³-hybridized carbons (Fsp3) is 0.769. The Morgan fingerprint density at radius 1 is 1.45 bits per heavy atom. The first-order valence-electron chi connectivity index (χ1n) is 7.23. The molecule has 0 aliphatic heterocycles. The van der Waals surface area contributed by atoms with Gasteiger partial charge in [-0.05, 0) is 31.7 Å². The molecular formula is C13H24N4O2S. The van der Waals surface area contributed by atoms with E-state index in [1.165, 1.54) is 23.3 Å². The summed E-state index contributed by atoms with van der Waals surface area (Å²) in [6, 6.07) is 0. The lowest BCUT2D eigenvalue weighted by Crippen LogP contribution is -2.31. The highest BCUT2D eigenvalue weighted by Crippen LogP contribution is 2.26. The Balaban J connectivity index is 2.02. The third-order valence-electron chi connectivity index (χ3n) is 3.90. The summed E-state index contributed by atoms with van der Waals surface area (Å²) in [5.41, 5.74) is 5.44. The van der Waals surface area contributed by atoms with E-state index in [4.69, 9.17) is 5.73 Å². The predicted molar refractivity (Wildman–Crippen MR) is 77.7 cm³/mol. The van der Waals surface area contributed by atoms with Crippen molar-refractivity contribution in [3.05, 3.63) is 12.4 Å². The van der Waals surface area contributed by atoms with Gasteiger partial charge in [-0.2, -0.15) is 5.10 Å². The van der Waals surface area contributed by atoms with E-state index >= 15 is 0 Å². The van der Waals surface area contributed by atoms with Crippen LogP contribution < -0.4 is 5.73 Å². The van der Waals surface area contributed by atoms with Gasteiger partial charge < -0.3 is 5.73 Å². The Bertz CT molecular complexity index is 520. The second-order valence-corrected chi connectivity index (χ2v) is 7.56. The molecule has 7 heteroatoms. The zero-order chi connectivity index (χ0) is 14.6. The second-order valence-electron chi connectivity index (χ2n) is 5.52. The average Bonchev–Trinajstić information content (AvgIpc) is 3.07. The van der Waals surface area contributed by atoms with E-state index in [-0.39, 0.29) is 4.90 Å². The topological polar surface area (TPSA) is 81.2 Å². The summed E-state index contributed by atoms with van der Waals surface area (Å²) in [5.74, 6) is 0.502. The van der Waals surface area contributed by atoms with Crippen LogP contribution in [0.2, 0.25) is 0 Å². The molecule has 0 amide bonds. The van der Waals surface area contributed by atoms with Crippen molar-refractivity contribution in [2.75, 3.05) is 20.1 Å². The van der Waals surface area contributed by atoms with Crippen LogP contribution in [0.25, 0.3) is 0 Å². The van der Waals surface area contributed by atoms with Crippen LogP contribution in [-0.2, 0) is 16.6 Å². The molecule has 2 N–H and O–H groups in total. The summed E-state index contributed by atoms with van der Waals surface area (Å²) in [5, 5.41) is 4.09. The summed E-state index contributed by atoms with van der Waals surface area (Å²) < 4.78 is 28.0. The molecule has 0 spiro atoms. The van der Waals surface area contributed by atoms with Crippen molar-refractivity contribution < 1.29 is 8.42 Å². The number of nitrogens with two attached hydrogens (primary N) is 1. The largest absolute Gasteiger partial charge is 0.330 e. The fourth-order valence-electron chi connectivity index (χ4n) is 2.69. The van der Waals surface area contributed by atoms with E-state index in [0.717, 1.165) is 19.3 Å². The van der Waals surface area contributed by atoms with Crippen LogP contribution in [-0.4, -0.2) is 42.6 Å². The summed E-state index contributed by atoms with van der Waals surface area (Å²) in [6.07, 6.45) is 8.52. The summed E-state index contributed by atoms with van der Waals surface area (Å²) in [4.78, 5) is 0.273. The van der Waals surface area contributed by atoms with Crippen LogP contribution in [0.4, 0.5) is 0 Å². The molecule has 114 valence electrons. The minimum atomic E-state index is -3.41.